The molecule has 4 rings (SSSR count). The highest BCUT2D eigenvalue weighted by molar-refractivity contribution is 7.13. The van der Waals surface area contributed by atoms with Crippen molar-refractivity contribution in [3.05, 3.63) is 70.4 Å². The van der Waals surface area contributed by atoms with Gasteiger partial charge in [-0.25, -0.2) is 0 Å². The number of nitriles is 1. The van der Waals surface area contributed by atoms with Gasteiger partial charge in [-0.05, 0) is 23.4 Å². The summed E-state index contributed by atoms with van der Waals surface area (Å²) >= 11 is 1.61. The van der Waals surface area contributed by atoms with Gasteiger partial charge in [-0.1, -0.05) is 36.4 Å². The van der Waals surface area contributed by atoms with Crippen LogP contribution >= 0.6 is 11.3 Å². The Morgan fingerprint density at radius 1 is 1.25 bits per heavy atom. The Kier molecular flexibility index (Phi) is 3.56. The summed E-state index contributed by atoms with van der Waals surface area (Å²) < 4.78 is 5.58. The van der Waals surface area contributed by atoms with Crippen molar-refractivity contribution in [1.82, 2.24) is 10.2 Å². The standard InChI is InChI=1S/C18H14N4OS/c19-10-13-12(9-11-5-2-1-3-6-11)15-16(14-7-4-8-24-14)21-22-18(15)23-17(13)20/h1-8,12H,9,20H2,(H,21,22)/t12-/m1/s1. The summed E-state index contributed by atoms with van der Waals surface area (Å²) in [7, 11) is 0. The molecule has 1 atom stereocenters. The molecule has 6 heteroatoms. The molecule has 24 heavy (non-hydrogen) atoms. The molecule has 0 spiro atoms. The molecular formula is C18H14N4OS. The smallest absolute Gasteiger partial charge is 0.244 e. The predicted molar refractivity (Wildman–Crippen MR) is 92.2 cm³/mol. The zero-order valence-corrected chi connectivity index (χ0v) is 13.5. The van der Waals surface area contributed by atoms with E-state index in [2.05, 4.69) is 16.3 Å². The average molecular weight is 334 g/mol. The number of H-pyrrole nitrogens is 1. The maximum absolute atomic E-state index is 9.60. The van der Waals surface area contributed by atoms with Gasteiger partial charge in [0.1, 0.15) is 6.07 Å². The Morgan fingerprint density at radius 2 is 2.08 bits per heavy atom. The minimum Gasteiger partial charge on any atom is -0.420 e. The molecule has 0 amide bonds. The third-order valence-corrected chi connectivity index (χ3v) is 5.00. The first-order valence-electron chi connectivity index (χ1n) is 7.51. The van der Waals surface area contributed by atoms with Gasteiger partial charge in [-0.2, -0.15) is 5.26 Å². The fourth-order valence-electron chi connectivity index (χ4n) is 3.01. The van der Waals surface area contributed by atoms with E-state index < -0.39 is 0 Å². The number of aromatic nitrogens is 2. The number of nitrogens with two attached hydrogens (primary N) is 1. The zero-order chi connectivity index (χ0) is 16.5. The quantitative estimate of drug-likeness (QED) is 0.767. The molecule has 0 bridgehead atoms. The number of allylic oxidation sites excluding steroid dienone is 1. The number of fused-ring (bicyclic) bond motifs is 1. The van der Waals surface area contributed by atoms with Crippen molar-refractivity contribution >= 4 is 11.3 Å². The van der Waals surface area contributed by atoms with E-state index in [9.17, 15) is 5.26 Å². The SMILES string of the molecule is N#CC1=C(N)Oc2n[nH]c(-c3cccs3)c2[C@@H]1Cc1ccccc1. The van der Waals surface area contributed by atoms with Crippen LogP contribution in [-0.4, -0.2) is 10.2 Å². The number of thiophene rings is 1. The third kappa shape index (κ3) is 2.36. The molecular weight excluding hydrogens is 320 g/mol. The Bertz CT molecular complexity index is 935. The molecule has 0 saturated carbocycles. The van der Waals surface area contributed by atoms with Crippen molar-refractivity contribution in [2.24, 2.45) is 5.73 Å². The lowest BCUT2D eigenvalue weighted by Crippen LogP contribution is -2.21. The minimum atomic E-state index is -0.183. The van der Waals surface area contributed by atoms with Gasteiger partial charge in [0.2, 0.25) is 11.8 Å². The van der Waals surface area contributed by atoms with Crippen LogP contribution in [0.5, 0.6) is 5.88 Å². The van der Waals surface area contributed by atoms with E-state index in [-0.39, 0.29) is 11.8 Å². The van der Waals surface area contributed by atoms with Gasteiger partial charge in [-0.15, -0.1) is 16.4 Å². The number of nitrogens with one attached hydrogen (secondary N) is 1. The molecule has 3 heterocycles. The van der Waals surface area contributed by atoms with Gasteiger partial charge in [0.15, 0.2) is 0 Å². The highest BCUT2D eigenvalue weighted by atomic mass is 32.1. The molecule has 1 aromatic carbocycles. The predicted octanol–water partition coefficient (Wildman–Crippen LogP) is 3.55. The second kappa shape index (κ2) is 5.87. The van der Waals surface area contributed by atoms with Crippen LogP contribution in [0.3, 0.4) is 0 Å². The lowest BCUT2D eigenvalue weighted by atomic mass is 9.84. The van der Waals surface area contributed by atoms with Crippen LogP contribution in [0, 0.1) is 11.3 Å². The molecule has 1 aliphatic heterocycles. The topological polar surface area (TPSA) is 87.7 Å². The van der Waals surface area contributed by atoms with Crippen molar-refractivity contribution in [2.45, 2.75) is 12.3 Å². The lowest BCUT2D eigenvalue weighted by Gasteiger charge is -2.23. The van der Waals surface area contributed by atoms with Crippen LogP contribution in [0.15, 0.2) is 59.3 Å². The maximum Gasteiger partial charge on any atom is 0.244 e. The van der Waals surface area contributed by atoms with E-state index in [4.69, 9.17) is 10.5 Å². The average Bonchev–Trinajstić information content (AvgIpc) is 3.24. The Balaban J connectivity index is 1.84. The van der Waals surface area contributed by atoms with E-state index in [0.29, 0.717) is 17.9 Å². The number of hydrogen-bond acceptors (Lipinski definition) is 5. The Hall–Kier alpha value is -3.04. The number of benzene rings is 1. The van der Waals surface area contributed by atoms with Crippen LogP contribution in [0.2, 0.25) is 0 Å². The summed E-state index contributed by atoms with van der Waals surface area (Å²) in [6.45, 7) is 0. The van der Waals surface area contributed by atoms with Crippen LogP contribution in [0.1, 0.15) is 17.0 Å². The molecule has 118 valence electrons. The van der Waals surface area contributed by atoms with E-state index in [1.807, 2.05) is 47.8 Å². The Labute approximate surface area is 143 Å². The molecule has 0 saturated heterocycles. The van der Waals surface area contributed by atoms with Gasteiger partial charge < -0.3 is 10.5 Å². The molecule has 0 fully saturated rings. The summed E-state index contributed by atoms with van der Waals surface area (Å²) in [6, 6.07) is 16.3. The highest BCUT2D eigenvalue weighted by Crippen LogP contribution is 2.44. The zero-order valence-electron chi connectivity index (χ0n) is 12.7. The Morgan fingerprint density at radius 3 is 2.79 bits per heavy atom. The number of hydrogen-bond donors (Lipinski definition) is 2. The molecule has 0 radical (unpaired) electrons. The molecule has 3 N–H and O–H groups in total. The largest absolute Gasteiger partial charge is 0.420 e. The van der Waals surface area contributed by atoms with Gasteiger partial charge >= 0.3 is 0 Å². The van der Waals surface area contributed by atoms with Crippen molar-refractivity contribution in [3.8, 4) is 22.5 Å². The fraction of sp³-hybridized carbons (Fsp3) is 0.111. The van der Waals surface area contributed by atoms with Crippen molar-refractivity contribution < 1.29 is 4.74 Å². The molecule has 2 aromatic heterocycles. The number of rotatable bonds is 3. The number of aromatic amines is 1. The first-order chi connectivity index (χ1) is 11.8. The second-order valence-corrected chi connectivity index (χ2v) is 6.48. The number of ether oxygens (including phenoxy) is 1. The molecule has 0 aliphatic carbocycles. The van der Waals surface area contributed by atoms with Gasteiger partial charge in [-0.3, -0.25) is 5.10 Å². The first kappa shape index (κ1) is 14.5. The second-order valence-electron chi connectivity index (χ2n) is 5.53. The van der Waals surface area contributed by atoms with Crippen molar-refractivity contribution in [1.29, 1.82) is 5.26 Å². The summed E-state index contributed by atoms with van der Waals surface area (Å²) in [5, 5.41) is 18.9. The molecule has 0 unspecified atom stereocenters. The number of nitrogens with zero attached hydrogens (tertiary/aromatic N) is 2. The fourth-order valence-corrected chi connectivity index (χ4v) is 3.74. The van der Waals surface area contributed by atoms with Crippen molar-refractivity contribution in [2.75, 3.05) is 0 Å². The summed E-state index contributed by atoms with van der Waals surface area (Å²) in [6.07, 6.45) is 0.665. The lowest BCUT2D eigenvalue weighted by molar-refractivity contribution is 0.374. The van der Waals surface area contributed by atoms with Gasteiger partial charge in [0.05, 0.1) is 21.7 Å². The van der Waals surface area contributed by atoms with Crippen LogP contribution < -0.4 is 10.5 Å². The molecule has 3 aromatic rings. The van der Waals surface area contributed by atoms with E-state index >= 15 is 0 Å². The van der Waals surface area contributed by atoms with E-state index in [0.717, 1.165) is 21.7 Å². The van der Waals surface area contributed by atoms with Gasteiger partial charge in [0, 0.05) is 5.92 Å². The van der Waals surface area contributed by atoms with Gasteiger partial charge in [0.25, 0.3) is 0 Å². The summed E-state index contributed by atoms with van der Waals surface area (Å²) in [5.74, 6) is 0.406. The monoisotopic (exact) mass is 334 g/mol. The minimum absolute atomic E-state index is 0.134. The van der Waals surface area contributed by atoms with Crippen molar-refractivity contribution in [3.63, 3.8) is 0 Å². The highest BCUT2D eigenvalue weighted by Gasteiger charge is 2.34. The maximum atomic E-state index is 9.60. The normalized spacial score (nSPS) is 16.4. The van der Waals surface area contributed by atoms with Crippen LogP contribution in [0.25, 0.3) is 10.6 Å². The summed E-state index contributed by atoms with van der Waals surface area (Å²) in [4.78, 5) is 1.06. The molecule has 1 aliphatic rings. The third-order valence-electron chi connectivity index (χ3n) is 4.11. The van der Waals surface area contributed by atoms with E-state index in [1.165, 1.54) is 0 Å². The first-order valence-corrected chi connectivity index (χ1v) is 8.39. The van der Waals surface area contributed by atoms with Crippen LogP contribution in [-0.2, 0) is 6.42 Å². The van der Waals surface area contributed by atoms with Crippen LogP contribution in [0.4, 0.5) is 0 Å². The van der Waals surface area contributed by atoms with E-state index in [1.54, 1.807) is 11.3 Å². The summed E-state index contributed by atoms with van der Waals surface area (Å²) in [5.41, 5.74) is 9.33. The molecule has 5 nitrogen and oxygen atoms in total.